The molecule has 0 aromatic heterocycles. The van der Waals surface area contributed by atoms with E-state index in [1.807, 2.05) is 18.2 Å². The van der Waals surface area contributed by atoms with Gasteiger partial charge in [0.2, 0.25) is 0 Å². The zero-order valence-electron chi connectivity index (χ0n) is 13.3. The summed E-state index contributed by atoms with van der Waals surface area (Å²) in [6.07, 6.45) is 0.797. The monoisotopic (exact) mass is 308 g/mol. The first-order chi connectivity index (χ1) is 11.1. The van der Waals surface area contributed by atoms with Gasteiger partial charge < -0.3 is 10.1 Å². The average molecular weight is 308 g/mol. The Balaban J connectivity index is 1.86. The number of Topliss-reactive ketones (excluding diaryl/α,β-unsaturated/α-hetero) is 1. The highest BCUT2D eigenvalue weighted by molar-refractivity contribution is 5.83. The van der Waals surface area contributed by atoms with Crippen LogP contribution in [0.15, 0.2) is 48.5 Å². The van der Waals surface area contributed by atoms with Crippen LogP contribution in [0.5, 0.6) is 5.75 Å². The molecule has 4 nitrogen and oxygen atoms in total. The summed E-state index contributed by atoms with van der Waals surface area (Å²) in [5, 5.41) is 7.03. The van der Waals surface area contributed by atoms with Gasteiger partial charge in [0.15, 0.2) is 0 Å². The minimum atomic E-state index is -0.223. The van der Waals surface area contributed by atoms with E-state index in [-0.39, 0.29) is 23.4 Å². The van der Waals surface area contributed by atoms with Gasteiger partial charge in [-0.15, -0.1) is 0 Å². The Morgan fingerprint density at radius 3 is 2.61 bits per heavy atom. The van der Waals surface area contributed by atoms with Gasteiger partial charge in [0.25, 0.3) is 0 Å². The molecule has 1 saturated heterocycles. The number of ketones is 1. The lowest BCUT2D eigenvalue weighted by atomic mass is 9.72. The summed E-state index contributed by atoms with van der Waals surface area (Å²) < 4.78 is 5.28. The molecule has 2 aromatic carbocycles. The van der Waals surface area contributed by atoms with Gasteiger partial charge in [0.05, 0.1) is 24.7 Å². The summed E-state index contributed by atoms with van der Waals surface area (Å²) in [5.74, 6) is 1.03. The topological polar surface area (TPSA) is 50.4 Å². The number of rotatable bonds is 3. The normalized spacial score (nSPS) is 27.9. The van der Waals surface area contributed by atoms with Crippen LogP contribution in [0.3, 0.4) is 0 Å². The van der Waals surface area contributed by atoms with Crippen molar-refractivity contribution in [1.82, 2.24) is 5.32 Å². The van der Waals surface area contributed by atoms with Gasteiger partial charge in [-0.1, -0.05) is 30.3 Å². The van der Waals surface area contributed by atoms with Crippen molar-refractivity contribution in [3.8, 4) is 5.75 Å². The molecule has 0 bridgehead atoms. The van der Waals surface area contributed by atoms with Crippen LogP contribution in [0.1, 0.15) is 24.5 Å². The van der Waals surface area contributed by atoms with Crippen LogP contribution in [0.25, 0.3) is 0 Å². The Bertz CT molecular complexity index is 756. The van der Waals surface area contributed by atoms with Gasteiger partial charge in [-0.2, -0.15) is 0 Å². The number of fused-ring (bicyclic) bond motifs is 3. The predicted molar refractivity (Wildman–Crippen MR) is 89.8 cm³/mol. The number of carbonyl (C=O) groups is 1. The molecule has 4 heteroatoms. The van der Waals surface area contributed by atoms with E-state index in [0.29, 0.717) is 0 Å². The molecule has 2 aliphatic rings. The third-order valence-electron chi connectivity index (χ3n) is 5.19. The lowest BCUT2D eigenvalue weighted by molar-refractivity contribution is -0.118. The minimum absolute atomic E-state index is 0.0298. The van der Waals surface area contributed by atoms with Crippen molar-refractivity contribution in [3.63, 3.8) is 0 Å². The fourth-order valence-electron chi connectivity index (χ4n) is 4.02. The highest BCUT2D eigenvalue weighted by atomic mass is 16.5. The van der Waals surface area contributed by atoms with Crippen molar-refractivity contribution in [3.05, 3.63) is 59.7 Å². The molecular formula is C19H20N2O2. The van der Waals surface area contributed by atoms with Crippen LogP contribution < -0.4 is 15.4 Å². The van der Waals surface area contributed by atoms with E-state index in [1.165, 1.54) is 11.1 Å². The Hall–Kier alpha value is -2.33. The van der Waals surface area contributed by atoms with E-state index in [4.69, 9.17) is 4.74 Å². The molecule has 0 saturated carbocycles. The Morgan fingerprint density at radius 1 is 1.17 bits per heavy atom. The number of nitrogens with one attached hydrogen (secondary N) is 2. The molecule has 0 radical (unpaired) electrons. The summed E-state index contributed by atoms with van der Waals surface area (Å²) in [4.78, 5) is 12.0. The third-order valence-corrected chi connectivity index (χ3v) is 5.19. The maximum Gasteiger partial charge on any atom is 0.146 e. The second-order valence-electron chi connectivity index (χ2n) is 6.36. The minimum Gasteiger partial charge on any atom is -0.497 e. The van der Waals surface area contributed by atoms with E-state index in [1.54, 1.807) is 14.0 Å². The molecule has 2 aliphatic heterocycles. The van der Waals surface area contributed by atoms with Gasteiger partial charge >= 0.3 is 0 Å². The van der Waals surface area contributed by atoms with Crippen LogP contribution in [-0.4, -0.2) is 25.1 Å². The quantitative estimate of drug-likeness (QED) is 0.915. The summed E-state index contributed by atoms with van der Waals surface area (Å²) in [7, 11) is 1.67. The molecule has 23 heavy (non-hydrogen) atoms. The van der Waals surface area contributed by atoms with Gasteiger partial charge in [0.1, 0.15) is 11.5 Å². The number of carbonyl (C=O) groups excluding carboxylic acids is 1. The maximum absolute atomic E-state index is 12.0. The molecular weight excluding hydrogens is 288 g/mol. The summed E-state index contributed by atoms with van der Waals surface area (Å²) in [6.45, 7) is 1.66. The molecule has 3 atom stereocenters. The molecule has 1 unspecified atom stereocenters. The lowest BCUT2D eigenvalue weighted by Gasteiger charge is -2.30. The van der Waals surface area contributed by atoms with E-state index < -0.39 is 0 Å². The summed E-state index contributed by atoms with van der Waals surface area (Å²) in [5.41, 5.74) is 3.38. The molecule has 1 fully saturated rings. The van der Waals surface area contributed by atoms with Crippen molar-refractivity contribution in [2.75, 3.05) is 12.4 Å². The molecule has 0 amide bonds. The average Bonchev–Trinajstić information content (AvgIpc) is 3.09. The van der Waals surface area contributed by atoms with Crippen molar-refractivity contribution in [1.29, 1.82) is 0 Å². The lowest BCUT2D eigenvalue weighted by Crippen LogP contribution is -2.43. The largest absolute Gasteiger partial charge is 0.497 e. The fraction of sp³-hybridized carbons (Fsp3) is 0.316. The first kappa shape index (κ1) is 14.3. The number of para-hydroxylation sites is 1. The standard InChI is InChI=1S/C19H20N2O2/c1-12(22)17-11-19(13-7-9-14(23-2)10-8-13)15-5-3-4-6-16(15)20-18(19)21-17/h3-10,17-18,20-21H,11H2,1-2H3/t17?,18-,19+/m1/s1. The maximum atomic E-state index is 12.0. The van der Waals surface area contributed by atoms with Crippen LogP contribution in [-0.2, 0) is 10.2 Å². The smallest absolute Gasteiger partial charge is 0.146 e. The molecule has 0 spiro atoms. The number of benzene rings is 2. The van der Waals surface area contributed by atoms with E-state index in [9.17, 15) is 4.79 Å². The molecule has 118 valence electrons. The third kappa shape index (κ3) is 1.98. The van der Waals surface area contributed by atoms with E-state index in [0.717, 1.165) is 17.9 Å². The van der Waals surface area contributed by atoms with Gasteiger partial charge in [-0.05, 0) is 42.7 Å². The number of hydrogen-bond donors (Lipinski definition) is 2. The molecule has 2 aromatic rings. The van der Waals surface area contributed by atoms with Gasteiger partial charge in [0, 0.05) is 5.69 Å². The van der Waals surface area contributed by atoms with Gasteiger partial charge in [-0.25, -0.2) is 0 Å². The predicted octanol–water partition coefficient (Wildman–Crippen LogP) is 2.68. The Kier molecular flexibility index (Phi) is 3.16. The second-order valence-corrected chi connectivity index (χ2v) is 6.36. The first-order valence-corrected chi connectivity index (χ1v) is 7.92. The number of ether oxygens (including phenoxy) is 1. The van der Waals surface area contributed by atoms with Crippen LogP contribution >= 0.6 is 0 Å². The highest BCUT2D eigenvalue weighted by Crippen LogP contribution is 2.51. The second kappa shape index (κ2) is 5.10. The van der Waals surface area contributed by atoms with E-state index in [2.05, 4.69) is 41.0 Å². The zero-order chi connectivity index (χ0) is 16.0. The van der Waals surface area contributed by atoms with E-state index >= 15 is 0 Å². The summed E-state index contributed by atoms with van der Waals surface area (Å²) >= 11 is 0. The Labute approximate surface area is 135 Å². The summed E-state index contributed by atoms with van der Waals surface area (Å²) in [6, 6.07) is 16.4. The van der Waals surface area contributed by atoms with Crippen LogP contribution in [0.2, 0.25) is 0 Å². The van der Waals surface area contributed by atoms with Crippen LogP contribution in [0, 0.1) is 0 Å². The van der Waals surface area contributed by atoms with Crippen molar-refractivity contribution in [2.24, 2.45) is 0 Å². The number of methoxy groups -OCH3 is 1. The highest BCUT2D eigenvalue weighted by Gasteiger charge is 2.55. The number of hydrogen-bond acceptors (Lipinski definition) is 4. The molecule has 2 N–H and O–H groups in total. The van der Waals surface area contributed by atoms with Gasteiger partial charge in [-0.3, -0.25) is 10.1 Å². The van der Waals surface area contributed by atoms with Crippen molar-refractivity contribution in [2.45, 2.75) is 31.0 Å². The van der Waals surface area contributed by atoms with Crippen LogP contribution in [0.4, 0.5) is 5.69 Å². The molecule has 4 rings (SSSR count). The SMILES string of the molecule is COc1ccc([C@]23CC(C(C)=O)N[C@H]2Nc2ccccc23)cc1. The Morgan fingerprint density at radius 2 is 1.91 bits per heavy atom. The first-order valence-electron chi connectivity index (χ1n) is 7.92. The molecule has 2 heterocycles. The molecule has 0 aliphatic carbocycles. The number of anilines is 1. The fourth-order valence-corrected chi connectivity index (χ4v) is 4.02. The zero-order valence-corrected chi connectivity index (χ0v) is 13.3. The van der Waals surface area contributed by atoms with Crippen molar-refractivity contribution < 1.29 is 9.53 Å². The van der Waals surface area contributed by atoms with Crippen molar-refractivity contribution >= 4 is 11.5 Å².